The highest BCUT2D eigenvalue weighted by Crippen LogP contribution is 1.98. The van der Waals surface area contributed by atoms with Gasteiger partial charge in [-0.3, -0.25) is 5.41 Å². The molecule has 1 unspecified atom stereocenters. The van der Waals surface area contributed by atoms with Gasteiger partial charge in [-0.1, -0.05) is 25.3 Å². The monoisotopic (exact) mass is 286 g/mol. The molecule has 0 amide bonds. The molecule has 1 heterocycles. The van der Waals surface area contributed by atoms with Crippen LogP contribution in [0.4, 0.5) is 0 Å². The van der Waals surface area contributed by atoms with E-state index >= 15 is 0 Å². The highest BCUT2D eigenvalue weighted by atomic mass is 16.5. The molecule has 0 saturated carbocycles. The van der Waals surface area contributed by atoms with Gasteiger partial charge in [0.1, 0.15) is 12.7 Å². The molecule has 1 atom stereocenters. The van der Waals surface area contributed by atoms with Crippen molar-refractivity contribution in [1.29, 1.82) is 0 Å². The van der Waals surface area contributed by atoms with E-state index in [1.165, 1.54) is 12.5 Å². The second-order valence-corrected chi connectivity index (χ2v) is 4.39. The number of nitrogens with zero attached hydrogens (tertiary/aromatic N) is 1. The number of nitrogens with two attached hydrogens (primary N) is 1. The highest BCUT2D eigenvalue weighted by Gasteiger charge is 2.10. The summed E-state index contributed by atoms with van der Waals surface area (Å²) in [6.45, 7) is 8.03. The molecule has 0 saturated heterocycles. The number of ether oxygens (including phenoxy) is 1. The molecule has 0 spiro atoms. The molecule has 1 aromatic rings. The Kier molecular flexibility index (Phi) is 7.46. The lowest BCUT2D eigenvalue weighted by Crippen LogP contribution is -2.40. The predicted molar refractivity (Wildman–Crippen MR) is 84.1 cm³/mol. The van der Waals surface area contributed by atoms with E-state index < -0.39 is 6.10 Å². The van der Waals surface area contributed by atoms with Gasteiger partial charge in [-0.05, 0) is 17.2 Å². The minimum Gasteiger partial charge on any atom is -0.498 e. The van der Waals surface area contributed by atoms with E-state index in [-0.39, 0.29) is 6.61 Å². The first-order valence-corrected chi connectivity index (χ1v) is 6.65. The number of pyridine rings is 1. The topological polar surface area (TPSA) is 58.9 Å². The van der Waals surface area contributed by atoms with Gasteiger partial charge < -0.3 is 9.84 Å². The van der Waals surface area contributed by atoms with Crippen molar-refractivity contribution in [2.24, 2.45) is 0 Å². The third-order valence-electron chi connectivity index (χ3n) is 2.74. The first-order valence-electron chi connectivity index (χ1n) is 6.65. The highest BCUT2D eigenvalue weighted by molar-refractivity contribution is 5.68. The minimum absolute atomic E-state index is 0.212. The summed E-state index contributed by atoms with van der Waals surface area (Å²) in [6, 6.07) is 3.87. The second-order valence-electron chi connectivity index (χ2n) is 4.39. The fourth-order valence-electron chi connectivity index (χ4n) is 1.62. The third-order valence-corrected chi connectivity index (χ3v) is 2.74. The summed E-state index contributed by atoms with van der Waals surface area (Å²) in [5.41, 5.74) is 1.88. The van der Waals surface area contributed by atoms with Crippen LogP contribution in [0, 0.1) is 0 Å². The number of aliphatic hydroxyl groups excluding tert-OH is 1. The van der Waals surface area contributed by atoms with Crippen LogP contribution in [0.3, 0.4) is 0 Å². The maximum Gasteiger partial charge on any atom is 0.177 e. The Labute approximate surface area is 125 Å². The Morgan fingerprint density at radius 2 is 2.10 bits per heavy atom. The van der Waals surface area contributed by atoms with E-state index in [0.29, 0.717) is 6.54 Å². The summed E-state index contributed by atoms with van der Waals surface area (Å²) < 4.78 is 7.18. The second kappa shape index (κ2) is 9.44. The molecule has 0 bridgehead atoms. The molecule has 0 radical (unpaired) electrons. The number of hydrogen-bond donors (Lipinski definition) is 2. The van der Waals surface area contributed by atoms with Crippen LogP contribution in [0.1, 0.15) is 5.56 Å². The maximum atomic E-state index is 9.89. The van der Waals surface area contributed by atoms with Gasteiger partial charge >= 0.3 is 0 Å². The first kappa shape index (κ1) is 16.6. The van der Waals surface area contributed by atoms with Crippen LogP contribution in [0.15, 0.2) is 67.7 Å². The average molecular weight is 286 g/mol. The van der Waals surface area contributed by atoms with E-state index in [0.717, 1.165) is 11.1 Å². The molecule has 1 aromatic heterocycles. The Morgan fingerprint density at radius 3 is 2.67 bits per heavy atom. The molecule has 4 heteroatoms. The van der Waals surface area contributed by atoms with Crippen LogP contribution in [0.25, 0.3) is 6.08 Å². The molecule has 1 rings (SSSR count). The normalized spacial score (nSPS) is 12.9. The minimum atomic E-state index is -0.591. The van der Waals surface area contributed by atoms with Gasteiger partial charge in [-0.25, -0.2) is 4.57 Å². The molecule has 110 valence electrons. The Bertz CT molecular complexity index is 530. The molecule has 21 heavy (non-hydrogen) atoms. The summed E-state index contributed by atoms with van der Waals surface area (Å²) in [5.74, 6) is 0. The average Bonchev–Trinajstić information content (AvgIpc) is 2.51. The van der Waals surface area contributed by atoms with Crippen LogP contribution in [0.2, 0.25) is 0 Å². The van der Waals surface area contributed by atoms with Crippen molar-refractivity contribution >= 4 is 12.3 Å². The zero-order valence-corrected chi connectivity index (χ0v) is 12.1. The van der Waals surface area contributed by atoms with Crippen molar-refractivity contribution < 1.29 is 19.8 Å². The number of hydrogen-bond acceptors (Lipinski definition) is 2. The van der Waals surface area contributed by atoms with E-state index in [1.54, 1.807) is 24.3 Å². The molecular weight excluding hydrogens is 264 g/mol. The lowest BCUT2D eigenvalue weighted by molar-refractivity contribution is -0.703. The van der Waals surface area contributed by atoms with E-state index in [9.17, 15) is 5.11 Å². The standard InChI is InChI=1S/C17H21N2O2/c1-3-15(5-9-18)8-12-21-14-17(20)13-19-10-6-16(4-2)7-11-19/h3-12,17-18,20H,1-2,13-14H2/q+1/p+1/b12-8-,15-5-,18-9?. The van der Waals surface area contributed by atoms with Crippen LogP contribution in [-0.4, -0.2) is 24.0 Å². The molecular formula is C17H22N2O2+2. The van der Waals surface area contributed by atoms with Gasteiger partial charge in [0.05, 0.1) is 6.26 Å². The summed E-state index contributed by atoms with van der Waals surface area (Å²) >= 11 is 0. The van der Waals surface area contributed by atoms with Crippen molar-refractivity contribution in [1.82, 2.24) is 0 Å². The van der Waals surface area contributed by atoms with Gasteiger partial charge in [0.2, 0.25) is 0 Å². The first-order chi connectivity index (χ1) is 10.2. The fourth-order valence-corrected chi connectivity index (χ4v) is 1.62. The molecule has 0 aliphatic carbocycles. The molecule has 0 aliphatic heterocycles. The van der Waals surface area contributed by atoms with Crippen molar-refractivity contribution in [2.45, 2.75) is 12.6 Å². The van der Waals surface area contributed by atoms with Crippen LogP contribution in [-0.2, 0) is 11.3 Å². The van der Waals surface area contributed by atoms with Crippen molar-refractivity contribution in [3.63, 3.8) is 0 Å². The molecule has 3 N–H and O–H groups in total. The quantitative estimate of drug-likeness (QED) is 0.300. The van der Waals surface area contributed by atoms with E-state index in [2.05, 4.69) is 13.2 Å². The Morgan fingerprint density at radius 1 is 1.38 bits per heavy atom. The largest absolute Gasteiger partial charge is 0.498 e. The molecule has 0 aromatic carbocycles. The van der Waals surface area contributed by atoms with Crippen LogP contribution >= 0.6 is 0 Å². The van der Waals surface area contributed by atoms with Gasteiger partial charge in [-0.15, -0.1) is 0 Å². The lowest BCUT2D eigenvalue weighted by atomic mass is 10.2. The number of aliphatic hydroxyl groups is 1. The van der Waals surface area contributed by atoms with Crippen LogP contribution < -0.4 is 9.98 Å². The zero-order valence-electron chi connectivity index (χ0n) is 12.1. The fraction of sp³-hybridized carbons (Fsp3) is 0.176. The van der Waals surface area contributed by atoms with E-state index in [1.807, 2.05) is 29.1 Å². The summed E-state index contributed by atoms with van der Waals surface area (Å²) in [4.78, 5) is 0. The van der Waals surface area contributed by atoms with Gasteiger partial charge in [0.15, 0.2) is 25.2 Å². The summed E-state index contributed by atoms with van der Waals surface area (Å²) in [5, 5.41) is 15.2. The lowest BCUT2D eigenvalue weighted by Gasteiger charge is -2.07. The predicted octanol–water partition coefficient (Wildman–Crippen LogP) is 0.451. The smallest absolute Gasteiger partial charge is 0.177 e. The Hall–Kier alpha value is -2.46. The molecule has 0 fully saturated rings. The molecule has 0 aliphatic rings. The van der Waals surface area contributed by atoms with Crippen LogP contribution in [0.5, 0.6) is 0 Å². The van der Waals surface area contributed by atoms with Crippen molar-refractivity contribution in [3.8, 4) is 0 Å². The number of allylic oxidation sites excluding steroid dienone is 4. The number of aromatic nitrogens is 1. The summed E-state index contributed by atoms with van der Waals surface area (Å²) in [6.07, 6.45) is 13.0. The Balaban J connectivity index is 2.39. The van der Waals surface area contributed by atoms with Crippen molar-refractivity contribution in [3.05, 3.63) is 73.3 Å². The zero-order chi connectivity index (χ0) is 15.5. The number of rotatable bonds is 9. The van der Waals surface area contributed by atoms with E-state index in [4.69, 9.17) is 10.1 Å². The summed E-state index contributed by atoms with van der Waals surface area (Å²) in [7, 11) is 0. The van der Waals surface area contributed by atoms with Gasteiger partial charge in [0, 0.05) is 18.2 Å². The van der Waals surface area contributed by atoms with Crippen molar-refractivity contribution in [2.75, 3.05) is 6.61 Å². The van der Waals surface area contributed by atoms with Gasteiger partial charge in [0.25, 0.3) is 0 Å². The molecule has 4 nitrogen and oxygen atoms in total. The van der Waals surface area contributed by atoms with Gasteiger partial charge in [-0.2, -0.15) is 0 Å². The maximum absolute atomic E-state index is 9.89. The SMILES string of the molecule is C=CC(/C=C\OCC(O)C[n+]1ccc(C=C)cc1)=C/C=[NH2+]. The third kappa shape index (κ3) is 6.49.